The predicted octanol–water partition coefficient (Wildman–Crippen LogP) is 3.92. The lowest BCUT2D eigenvalue weighted by Gasteiger charge is -2.48. The highest BCUT2D eigenvalue weighted by atomic mass is 16.5. The third-order valence-corrected chi connectivity index (χ3v) is 5.39. The van der Waals surface area contributed by atoms with Crippen molar-refractivity contribution in [2.24, 2.45) is 0 Å². The fourth-order valence-corrected chi connectivity index (χ4v) is 3.96. The first-order valence-corrected chi connectivity index (χ1v) is 7.83. The monoisotopic (exact) mass is 294 g/mol. The Morgan fingerprint density at radius 2 is 1.91 bits per heavy atom. The van der Waals surface area contributed by atoms with Crippen LogP contribution in [0.4, 0.5) is 11.4 Å². The fourth-order valence-electron chi connectivity index (χ4n) is 3.96. The summed E-state index contributed by atoms with van der Waals surface area (Å²) >= 11 is 0. The third kappa shape index (κ3) is 1.51. The minimum atomic E-state index is -0.404. The van der Waals surface area contributed by atoms with Crippen molar-refractivity contribution in [1.29, 1.82) is 0 Å². The van der Waals surface area contributed by atoms with Gasteiger partial charge in [-0.15, -0.1) is 0 Å². The third-order valence-electron chi connectivity index (χ3n) is 5.39. The quantitative estimate of drug-likeness (QED) is 0.797. The highest BCUT2D eigenvalue weighted by Crippen LogP contribution is 2.53. The molecule has 0 aromatic heterocycles. The molecule has 2 heterocycles. The topological polar surface area (TPSA) is 24.5 Å². The number of hydrogen-bond donors (Lipinski definition) is 1. The van der Waals surface area contributed by atoms with E-state index in [9.17, 15) is 0 Å². The first-order chi connectivity index (χ1) is 10.5. The predicted molar refractivity (Wildman–Crippen MR) is 90.9 cm³/mol. The Hall–Kier alpha value is -2.16. The van der Waals surface area contributed by atoms with Crippen molar-refractivity contribution < 1.29 is 4.74 Å². The van der Waals surface area contributed by atoms with Gasteiger partial charge in [0.05, 0.1) is 17.6 Å². The van der Waals surface area contributed by atoms with Gasteiger partial charge in [-0.1, -0.05) is 24.3 Å². The molecule has 22 heavy (non-hydrogen) atoms. The molecule has 0 amide bonds. The van der Waals surface area contributed by atoms with Crippen LogP contribution in [0.15, 0.2) is 42.5 Å². The van der Waals surface area contributed by atoms with E-state index in [1.165, 1.54) is 16.8 Å². The number of aryl methyl sites for hydroxylation is 1. The van der Waals surface area contributed by atoms with Crippen molar-refractivity contribution in [2.75, 3.05) is 23.8 Å². The Balaban J connectivity index is 1.85. The number of nitrogens with zero attached hydrogens (tertiary/aromatic N) is 1. The zero-order chi connectivity index (χ0) is 15.5. The first kappa shape index (κ1) is 13.5. The maximum atomic E-state index is 6.61. The van der Waals surface area contributed by atoms with Crippen LogP contribution >= 0.6 is 0 Å². The Bertz CT molecular complexity index is 753. The number of ether oxygens (including phenoxy) is 1. The summed E-state index contributed by atoms with van der Waals surface area (Å²) in [4.78, 5) is 2.29. The van der Waals surface area contributed by atoms with Gasteiger partial charge in [0.1, 0.15) is 5.75 Å². The maximum Gasteiger partial charge on any atom is 0.209 e. The summed E-state index contributed by atoms with van der Waals surface area (Å²) in [6.07, 6.45) is 0. The molecule has 2 aliphatic heterocycles. The van der Waals surface area contributed by atoms with Gasteiger partial charge in [0.15, 0.2) is 0 Å². The largest absolute Gasteiger partial charge is 0.463 e. The van der Waals surface area contributed by atoms with Crippen LogP contribution in [0.2, 0.25) is 0 Å². The summed E-state index contributed by atoms with van der Waals surface area (Å²) in [5.74, 6) is 0.935. The van der Waals surface area contributed by atoms with Crippen LogP contribution in [-0.4, -0.2) is 19.3 Å². The van der Waals surface area contributed by atoms with E-state index in [0.717, 1.165) is 18.0 Å². The molecular formula is C19H22N2O. The molecule has 1 N–H and O–H groups in total. The van der Waals surface area contributed by atoms with Crippen LogP contribution in [0.25, 0.3) is 0 Å². The summed E-state index contributed by atoms with van der Waals surface area (Å²) < 4.78 is 6.61. The van der Waals surface area contributed by atoms with Crippen LogP contribution in [0.3, 0.4) is 0 Å². The Kier molecular flexibility index (Phi) is 2.57. The number of nitrogens with one attached hydrogen (secondary N) is 1. The van der Waals surface area contributed by atoms with E-state index in [1.54, 1.807) is 0 Å². The average molecular weight is 294 g/mol. The van der Waals surface area contributed by atoms with Gasteiger partial charge in [-0.05, 0) is 50.1 Å². The second-order valence-electron chi connectivity index (χ2n) is 6.94. The zero-order valence-corrected chi connectivity index (χ0v) is 13.6. The lowest BCUT2D eigenvalue weighted by atomic mass is 9.77. The van der Waals surface area contributed by atoms with Gasteiger partial charge >= 0.3 is 0 Å². The molecule has 1 atom stereocenters. The molecule has 3 nitrogen and oxygen atoms in total. The van der Waals surface area contributed by atoms with E-state index in [-0.39, 0.29) is 5.41 Å². The number of anilines is 2. The van der Waals surface area contributed by atoms with Crippen molar-refractivity contribution in [3.63, 3.8) is 0 Å². The van der Waals surface area contributed by atoms with Gasteiger partial charge in [-0.3, -0.25) is 0 Å². The zero-order valence-electron chi connectivity index (χ0n) is 13.6. The minimum absolute atomic E-state index is 0.103. The summed E-state index contributed by atoms with van der Waals surface area (Å²) in [6.45, 7) is 7.42. The minimum Gasteiger partial charge on any atom is -0.463 e. The fraction of sp³-hybridized carbons (Fsp3) is 0.368. The van der Waals surface area contributed by atoms with Gasteiger partial charge in [-0.2, -0.15) is 0 Å². The molecule has 0 bridgehead atoms. The summed E-state index contributed by atoms with van der Waals surface area (Å²) in [6, 6.07) is 14.9. The van der Waals surface area contributed by atoms with Gasteiger partial charge in [0, 0.05) is 12.7 Å². The van der Waals surface area contributed by atoms with Crippen molar-refractivity contribution in [2.45, 2.75) is 31.9 Å². The molecule has 0 saturated heterocycles. The molecular weight excluding hydrogens is 272 g/mol. The smallest absolute Gasteiger partial charge is 0.209 e. The normalized spacial score (nSPS) is 24.5. The number of benzene rings is 2. The molecule has 3 heteroatoms. The highest BCUT2D eigenvalue weighted by Gasteiger charge is 2.59. The summed E-state index contributed by atoms with van der Waals surface area (Å²) in [5.41, 5.74) is 4.42. The molecule has 0 radical (unpaired) electrons. The van der Waals surface area contributed by atoms with E-state index in [2.05, 4.69) is 80.5 Å². The second kappa shape index (κ2) is 4.19. The number of para-hydroxylation sites is 1. The Labute approximate surface area is 131 Å². The van der Waals surface area contributed by atoms with Crippen molar-refractivity contribution in [1.82, 2.24) is 0 Å². The molecule has 2 aromatic rings. The molecule has 1 unspecified atom stereocenters. The van der Waals surface area contributed by atoms with Crippen molar-refractivity contribution >= 4 is 11.4 Å². The van der Waals surface area contributed by atoms with E-state index >= 15 is 0 Å². The molecule has 2 aliphatic rings. The first-order valence-electron chi connectivity index (χ1n) is 7.83. The van der Waals surface area contributed by atoms with E-state index in [4.69, 9.17) is 4.74 Å². The number of likely N-dealkylation sites (N-methyl/N-ethyl adjacent to an activating group) is 1. The lowest BCUT2D eigenvalue weighted by molar-refractivity contribution is 0.0199. The summed E-state index contributed by atoms with van der Waals surface area (Å²) in [5, 5.41) is 3.59. The van der Waals surface area contributed by atoms with Crippen molar-refractivity contribution in [3.05, 3.63) is 53.6 Å². The summed E-state index contributed by atoms with van der Waals surface area (Å²) in [7, 11) is 2.13. The number of hydrogen-bond acceptors (Lipinski definition) is 3. The van der Waals surface area contributed by atoms with E-state index in [1.807, 2.05) is 0 Å². The lowest BCUT2D eigenvalue weighted by Crippen LogP contribution is -2.64. The Morgan fingerprint density at radius 3 is 2.68 bits per heavy atom. The van der Waals surface area contributed by atoms with Gasteiger partial charge in [-0.25, -0.2) is 0 Å². The van der Waals surface area contributed by atoms with Crippen LogP contribution in [0.5, 0.6) is 5.75 Å². The van der Waals surface area contributed by atoms with E-state index in [0.29, 0.717) is 0 Å². The van der Waals surface area contributed by atoms with Gasteiger partial charge < -0.3 is 15.0 Å². The SMILES string of the molecule is Cc1ccc2c(c1)NCC1(O2)N(C)c2ccccc2C1(C)C. The maximum absolute atomic E-state index is 6.61. The molecule has 2 aromatic carbocycles. The average Bonchev–Trinajstić information content (AvgIpc) is 2.67. The van der Waals surface area contributed by atoms with Gasteiger partial charge in [0.2, 0.25) is 5.72 Å². The molecule has 114 valence electrons. The van der Waals surface area contributed by atoms with Gasteiger partial charge in [0.25, 0.3) is 0 Å². The number of fused-ring (bicyclic) bond motifs is 2. The number of rotatable bonds is 0. The van der Waals surface area contributed by atoms with Crippen LogP contribution < -0.4 is 15.0 Å². The molecule has 0 fully saturated rings. The van der Waals surface area contributed by atoms with Crippen LogP contribution in [0, 0.1) is 6.92 Å². The standard InChI is InChI=1S/C19H22N2O/c1-13-9-10-17-15(11-13)20-12-19(22-17)18(2,3)14-7-5-6-8-16(14)21(19)4/h5-11,20H,12H2,1-4H3. The van der Waals surface area contributed by atoms with Crippen LogP contribution in [-0.2, 0) is 5.41 Å². The van der Waals surface area contributed by atoms with E-state index < -0.39 is 5.72 Å². The van der Waals surface area contributed by atoms with Crippen molar-refractivity contribution in [3.8, 4) is 5.75 Å². The second-order valence-corrected chi connectivity index (χ2v) is 6.94. The molecule has 0 aliphatic carbocycles. The molecule has 0 saturated carbocycles. The molecule has 4 rings (SSSR count). The van der Waals surface area contributed by atoms with Crippen LogP contribution in [0.1, 0.15) is 25.0 Å². The highest BCUT2D eigenvalue weighted by molar-refractivity contribution is 5.69. The molecule has 1 spiro atoms. The Morgan fingerprint density at radius 1 is 1.14 bits per heavy atom.